The number of methoxy groups -OCH3 is 1. The number of nitrogens with one attached hydrogen (secondary N) is 1. The Hall–Kier alpha value is -3.62. The predicted octanol–water partition coefficient (Wildman–Crippen LogP) is 5.77. The zero-order valence-electron chi connectivity index (χ0n) is 18.1. The molecule has 0 spiro atoms. The second kappa shape index (κ2) is 9.70. The van der Waals surface area contributed by atoms with E-state index >= 15 is 0 Å². The first kappa shape index (κ1) is 22.2. The van der Waals surface area contributed by atoms with Crippen LogP contribution in [0.25, 0.3) is 11.3 Å². The summed E-state index contributed by atoms with van der Waals surface area (Å²) in [6, 6.07) is 22.5. The van der Waals surface area contributed by atoms with E-state index in [1.54, 1.807) is 12.1 Å². The normalized spacial score (nSPS) is 14.1. The summed E-state index contributed by atoms with van der Waals surface area (Å²) in [5.74, 6) is 0.662. The van der Waals surface area contributed by atoms with Crippen LogP contribution in [0, 0.1) is 0 Å². The molecule has 5 rings (SSSR count). The number of nitrogens with zero attached hydrogens (tertiary/aromatic N) is 3. The van der Waals surface area contributed by atoms with Crippen LogP contribution in [0.15, 0.2) is 78.0 Å². The number of anilines is 1. The Labute approximate surface area is 205 Å². The zero-order chi connectivity index (χ0) is 23.5. The van der Waals surface area contributed by atoms with Crippen molar-refractivity contribution in [3.63, 3.8) is 0 Å². The topological polar surface area (TPSA) is 86.2 Å². The number of halogens is 1. The van der Waals surface area contributed by atoms with E-state index in [2.05, 4.69) is 20.5 Å². The van der Waals surface area contributed by atoms with E-state index in [0.29, 0.717) is 33.1 Å². The molecule has 0 saturated carbocycles. The summed E-state index contributed by atoms with van der Waals surface area (Å²) < 4.78 is 11.1. The van der Waals surface area contributed by atoms with Gasteiger partial charge in [0.1, 0.15) is 0 Å². The Bertz CT molecular complexity index is 1330. The SMILES string of the molecule is COC(=O)c1ccc([C@@H]2Nc3ccccc3-c3nnc(SCc4ccc(Cl)cc4)nc3O2)cc1. The molecule has 0 bridgehead atoms. The van der Waals surface area contributed by atoms with Crippen LogP contribution in [0.1, 0.15) is 27.7 Å². The van der Waals surface area contributed by atoms with Gasteiger partial charge in [-0.05, 0) is 35.9 Å². The van der Waals surface area contributed by atoms with E-state index < -0.39 is 12.2 Å². The molecule has 34 heavy (non-hydrogen) atoms. The van der Waals surface area contributed by atoms with Crippen molar-refractivity contribution < 1.29 is 14.3 Å². The van der Waals surface area contributed by atoms with Gasteiger partial charge in [-0.1, -0.05) is 65.8 Å². The fourth-order valence-corrected chi connectivity index (χ4v) is 4.36. The van der Waals surface area contributed by atoms with Crippen LogP contribution in [0.3, 0.4) is 0 Å². The largest absolute Gasteiger partial charge is 0.465 e. The average molecular weight is 491 g/mol. The molecule has 1 aromatic heterocycles. The predicted molar refractivity (Wildman–Crippen MR) is 131 cm³/mol. The molecule has 1 aliphatic heterocycles. The van der Waals surface area contributed by atoms with E-state index in [1.165, 1.54) is 18.9 Å². The Kier molecular flexibility index (Phi) is 6.33. The Morgan fingerprint density at radius 2 is 1.82 bits per heavy atom. The quantitative estimate of drug-likeness (QED) is 0.278. The molecule has 7 nitrogen and oxygen atoms in total. The van der Waals surface area contributed by atoms with Crippen molar-refractivity contribution in [2.75, 3.05) is 12.4 Å². The maximum absolute atomic E-state index is 11.8. The highest BCUT2D eigenvalue weighted by molar-refractivity contribution is 7.98. The van der Waals surface area contributed by atoms with Crippen molar-refractivity contribution in [2.45, 2.75) is 17.1 Å². The molecule has 1 atom stereocenters. The average Bonchev–Trinajstić information content (AvgIpc) is 3.04. The second-order valence-corrected chi connectivity index (χ2v) is 8.84. The Morgan fingerprint density at radius 3 is 2.59 bits per heavy atom. The fraction of sp³-hybridized carbons (Fsp3) is 0.120. The zero-order valence-corrected chi connectivity index (χ0v) is 19.6. The molecule has 0 fully saturated rings. The van der Waals surface area contributed by atoms with Gasteiger partial charge in [-0.25, -0.2) is 4.79 Å². The number of benzene rings is 3. The van der Waals surface area contributed by atoms with Gasteiger partial charge in [-0.3, -0.25) is 0 Å². The highest BCUT2D eigenvalue weighted by atomic mass is 35.5. The molecular weight excluding hydrogens is 472 g/mol. The maximum Gasteiger partial charge on any atom is 0.337 e. The number of esters is 1. The van der Waals surface area contributed by atoms with E-state index in [-0.39, 0.29) is 0 Å². The van der Waals surface area contributed by atoms with Crippen LogP contribution in [0.2, 0.25) is 5.02 Å². The maximum atomic E-state index is 11.8. The van der Waals surface area contributed by atoms with Crippen LogP contribution < -0.4 is 10.1 Å². The van der Waals surface area contributed by atoms with Crippen molar-refractivity contribution >= 4 is 35.0 Å². The standard InChI is InChI=1S/C25H19ClN4O3S/c1-32-24(31)17-10-8-16(9-11-17)22-27-20-5-3-2-4-19(20)21-23(33-22)28-25(30-29-21)34-14-15-6-12-18(26)13-7-15/h2-13,22,27H,14H2,1H3/t22-/m1/s1. The highest BCUT2D eigenvalue weighted by Gasteiger charge is 2.26. The molecule has 0 saturated heterocycles. The number of rotatable bonds is 5. The number of fused-ring (bicyclic) bond motifs is 3. The van der Waals surface area contributed by atoms with Crippen LogP contribution in [-0.4, -0.2) is 28.3 Å². The lowest BCUT2D eigenvalue weighted by Gasteiger charge is -2.19. The summed E-state index contributed by atoms with van der Waals surface area (Å²) in [5, 5.41) is 13.4. The van der Waals surface area contributed by atoms with Crippen LogP contribution in [0.4, 0.5) is 5.69 Å². The molecule has 1 aliphatic rings. The van der Waals surface area contributed by atoms with Gasteiger partial charge in [-0.15, -0.1) is 10.2 Å². The minimum Gasteiger partial charge on any atom is -0.465 e. The summed E-state index contributed by atoms with van der Waals surface area (Å²) in [4.78, 5) is 16.5. The van der Waals surface area contributed by atoms with Crippen molar-refractivity contribution in [3.05, 3.63) is 94.5 Å². The lowest BCUT2D eigenvalue weighted by atomic mass is 10.1. The van der Waals surface area contributed by atoms with Crippen molar-refractivity contribution in [3.8, 4) is 17.1 Å². The number of carbonyl (C=O) groups excluding carboxylic acids is 1. The third-order valence-electron chi connectivity index (χ3n) is 5.25. The van der Waals surface area contributed by atoms with Gasteiger partial charge in [0.15, 0.2) is 11.9 Å². The first-order valence-electron chi connectivity index (χ1n) is 10.4. The minimum absolute atomic E-state index is 0.383. The Morgan fingerprint density at radius 1 is 1.06 bits per heavy atom. The van der Waals surface area contributed by atoms with Crippen LogP contribution in [-0.2, 0) is 10.5 Å². The van der Waals surface area contributed by atoms with Gasteiger partial charge in [0, 0.05) is 27.6 Å². The second-order valence-electron chi connectivity index (χ2n) is 7.46. The van der Waals surface area contributed by atoms with Gasteiger partial charge in [-0.2, -0.15) is 4.98 Å². The van der Waals surface area contributed by atoms with Crippen molar-refractivity contribution in [2.24, 2.45) is 0 Å². The van der Waals surface area contributed by atoms with Gasteiger partial charge in [0.05, 0.1) is 12.7 Å². The Balaban J connectivity index is 1.45. The fourth-order valence-electron chi connectivity index (χ4n) is 3.50. The van der Waals surface area contributed by atoms with Crippen molar-refractivity contribution in [1.29, 1.82) is 0 Å². The minimum atomic E-state index is -0.542. The molecule has 1 N–H and O–H groups in total. The third kappa shape index (κ3) is 4.69. The van der Waals surface area contributed by atoms with Gasteiger partial charge >= 0.3 is 5.97 Å². The van der Waals surface area contributed by atoms with Gasteiger partial charge in [0.2, 0.25) is 11.0 Å². The number of hydrogen-bond donors (Lipinski definition) is 1. The number of hydrogen-bond acceptors (Lipinski definition) is 8. The molecule has 0 aliphatic carbocycles. The summed E-state index contributed by atoms with van der Waals surface area (Å²) >= 11 is 7.44. The van der Waals surface area contributed by atoms with E-state index in [4.69, 9.17) is 21.1 Å². The molecule has 0 radical (unpaired) electrons. The molecule has 170 valence electrons. The molecule has 0 unspecified atom stereocenters. The van der Waals surface area contributed by atoms with Gasteiger partial charge < -0.3 is 14.8 Å². The number of thioether (sulfide) groups is 1. The van der Waals surface area contributed by atoms with Crippen LogP contribution in [0.5, 0.6) is 5.88 Å². The lowest BCUT2D eigenvalue weighted by molar-refractivity contribution is 0.0600. The molecule has 0 amide bonds. The summed E-state index contributed by atoms with van der Waals surface area (Å²) in [5.41, 5.74) is 4.65. The smallest absolute Gasteiger partial charge is 0.337 e. The van der Waals surface area contributed by atoms with Gasteiger partial charge in [0.25, 0.3) is 0 Å². The molecule has 2 heterocycles. The molecular formula is C25H19ClN4O3S. The monoisotopic (exact) mass is 490 g/mol. The van der Waals surface area contributed by atoms with E-state index in [9.17, 15) is 4.79 Å². The number of para-hydroxylation sites is 1. The molecule has 9 heteroatoms. The number of carbonyl (C=O) groups is 1. The van der Waals surface area contributed by atoms with E-state index in [0.717, 1.165) is 22.4 Å². The van der Waals surface area contributed by atoms with Crippen LogP contribution >= 0.6 is 23.4 Å². The highest BCUT2D eigenvalue weighted by Crippen LogP contribution is 2.39. The molecule has 4 aromatic rings. The number of aromatic nitrogens is 3. The molecule has 3 aromatic carbocycles. The first-order valence-corrected chi connectivity index (χ1v) is 11.8. The number of ether oxygens (including phenoxy) is 2. The summed E-state index contributed by atoms with van der Waals surface area (Å²) in [6.45, 7) is 0. The summed E-state index contributed by atoms with van der Waals surface area (Å²) in [7, 11) is 1.36. The van der Waals surface area contributed by atoms with Crippen molar-refractivity contribution in [1.82, 2.24) is 15.2 Å². The summed E-state index contributed by atoms with van der Waals surface area (Å²) in [6.07, 6.45) is -0.542. The van der Waals surface area contributed by atoms with E-state index in [1.807, 2.05) is 60.7 Å². The lowest BCUT2D eigenvalue weighted by Crippen LogP contribution is -2.17. The first-order chi connectivity index (χ1) is 16.6. The third-order valence-corrected chi connectivity index (χ3v) is 6.41.